The monoisotopic (exact) mass is 373 g/mol. The lowest BCUT2D eigenvalue weighted by Gasteiger charge is -2.10. The number of pyridine rings is 1. The van der Waals surface area contributed by atoms with Gasteiger partial charge in [0.1, 0.15) is 5.78 Å². The van der Waals surface area contributed by atoms with Gasteiger partial charge in [0.2, 0.25) is 0 Å². The van der Waals surface area contributed by atoms with Gasteiger partial charge in [0, 0.05) is 25.2 Å². The van der Waals surface area contributed by atoms with E-state index >= 15 is 0 Å². The van der Waals surface area contributed by atoms with Crippen LogP contribution < -0.4 is 0 Å². The van der Waals surface area contributed by atoms with E-state index in [9.17, 15) is 9.59 Å². The molecule has 142 valence electrons. The Morgan fingerprint density at radius 2 is 1.68 bits per heavy atom. The van der Waals surface area contributed by atoms with E-state index in [-0.39, 0.29) is 11.8 Å². The van der Waals surface area contributed by atoms with E-state index in [0.717, 1.165) is 33.4 Å². The zero-order valence-electron chi connectivity index (χ0n) is 16.4. The Labute approximate surface area is 165 Å². The highest BCUT2D eigenvalue weighted by molar-refractivity contribution is 5.91. The Kier molecular flexibility index (Phi) is 5.99. The third kappa shape index (κ3) is 4.52. The Morgan fingerprint density at radius 3 is 2.36 bits per heavy atom. The Morgan fingerprint density at radius 1 is 0.929 bits per heavy atom. The molecule has 3 aromatic rings. The van der Waals surface area contributed by atoms with Crippen molar-refractivity contribution < 1.29 is 14.3 Å². The number of esters is 1. The summed E-state index contributed by atoms with van der Waals surface area (Å²) in [7, 11) is 1.38. The van der Waals surface area contributed by atoms with Crippen molar-refractivity contribution in [3.05, 3.63) is 88.7 Å². The van der Waals surface area contributed by atoms with Crippen molar-refractivity contribution in [3.8, 4) is 11.1 Å². The Bertz CT molecular complexity index is 1010. The number of hydrogen-bond acceptors (Lipinski definition) is 4. The Hall–Kier alpha value is -3.27. The summed E-state index contributed by atoms with van der Waals surface area (Å²) in [5.41, 5.74) is 6.60. The first kappa shape index (κ1) is 19.5. The lowest BCUT2D eigenvalue weighted by molar-refractivity contribution is -0.117. The number of ether oxygens (including phenoxy) is 1. The summed E-state index contributed by atoms with van der Waals surface area (Å²) in [6.07, 6.45) is 4.27. The molecule has 0 aliphatic heterocycles. The van der Waals surface area contributed by atoms with Crippen LogP contribution in [0.15, 0.2) is 60.9 Å². The van der Waals surface area contributed by atoms with Crippen molar-refractivity contribution in [2.75, 3.05) is 7.11 Å². The highest BCUT2D eigenvalue weighted by atomic mass is 16.5. The van der Waals surface area contributed by atoms with Gasteiger partial charge in [-0.05, 0) is 65.4 Å². The summed E-state index contributed by atoms with van der Waals surface area (Å²) in [4.78, 5) is 28.3. The fourth-order valence-corrected chi connectivity index (χ4v) is 3.16. The summed E-state index contributed by atoms with van der Waals surface area (Å²) in [5.74, 6) is -0.193. The molecule has 28 heavy (non-hydrogen) atoms. The zero-order valence-corrected chi connectivity index (χ0v) is 16.4. The molecule has 3 rings (SSSR count). The minimum atomic E-state index is -0.353. The SMILES string of the molecule is COC(=O)c1ccc(C)c(-c2ccc(CC(=O)Cc3cnccc3C)cc2)c1. The number of aryl methyl sites for hydroxylation is 2. The summed E-state index contributed by atoms with van der Waals surface area (Å²) in [6, 6.07) is 15.3. The molecule has 0 atom stereocenters. The third-order valence-corrected chi connectivity index (χ3v) is 4.86. The lowest BCUT2D eigenvalue weighted by atomic mass is 9.95. The topological polar surface area (TPSA) is 56.3 Å². The maximum atomic E-state index is 12.4. The average Bonchev–Trinajstić information content (AvgIpc) is 2.70. The van der Waals surface area contributed by atoms with Crippen molar-refractivity contribution in [2.45, 2.75) is 26.7 Å². The number of benzene rings is 2. The highest BCUT2D eigenvalue weighted by Crippen LogP contribution is 2.25. The normalized spacial score (nSPS) is 10.5. The fraction of sp³-hybridized carbons (Fsp3) is 0.208. The van der Waals surface area contributed by atoms with E-state index in [0.29, 0.717) is 18.4 Å². The standard InChI is InChI=1S/C24H23NO3/c1-16-10-11-25-15-21(16)13-22(26)12-18-5-8-19(9-6-18)23-14-20(24(27)28-3)7-4-17(23)2/h4-11,14-15H,12-13H2,1-3H3. The second-order valence-corrected chi connectivity index (χ2v) is 6.91. The second-order valence-electron chi connectivity index (χ2n) is 6.91. The third-order valence-electron chi connectivity index (χ3n) is 4.86. The molecule has 0 saturated heterocycles. The first-order valence-electron chi connectivity index (χ1n) is 9.17. The van der Waals surface area contributed by atoms with Crippen molar-refractivity contribution in [1.29, 1.82) is 0 Å². The largest absolute Gasteiger partial charge is 0.465 e. The first-order valence-corrected chi connectivity index (χ1v) is 9.17. The molecule has 0 amide bonds. The van der Waals surface area contributed by atoms with E-state index in [2.05, 4.69) is 4.98 Å². The van der Waals surface area contributed by atoms with E-state index in [1.165, 1.54) is 7.11 Å². The van der Waals surface area contributed by atoms with Crippen molar-refractivity contribution in [3.63, 3.8) is 0 Å². The molecule has 1 aromatic heterocycles. The molecule has 1 heterocycles. The molecule has 4 nitrogen and oxygen atoms in total. The van der Waals surface area contributed by atoms with E-state index in [1.54, 1.807) is 18.5 Å². The number of ketones is 1. The highest BCUT2D eigenvalue weighted by Gasteiger charge is 2.11. The van der Waals surface area contributed by atoms with E-state index < -0.39 is 0 Å². The molecule has 0 aliphatic rings. The van der Waals surface area contributed by atoms with Crippen LogP contribution in [0.1, 0.15) is 32.6 Å². The van der Waals surface area contributed by atoms with Crippen LogP contribution in [0.4, 0.5) is 0 Å². The molecule has 0 fully saturated rings. The van der Waals surface area contributed by atoms with Crippen molar-refractivity contribution in [2.24, 2.45) is 0 Å². The smallest absolute Gasteiger partial charge is 0.337 e. The summed E-state index contributed by atoms with van der Waals surface area (Å²) in [6.45, 7) is 3.99. The predicted octanol–water partition coefficient (Wildman–Crippen LogP) is 4.51. The van der Waals surface area contributed by atoms with E-state index in [4.69, 9.17) is 4.74 Å². The molecule has 0 saturated carbocycles. The number of carbonyl (C=O) groups is 2. The number of nitrogens with zero attached hydrogens (tertiary/aromatic N) is 1. The van der Waals surface area contributed by atoms with Crippen LogP contribution in [-0.2, 0) is 22.4 Å². The molecular formula is C24H23NO3. The van der Waals surface area contributed by atoms with Gasteiger partial charge in [-0.3, -0.25) is 9.78 Å². The first-order chi connectivity index (χ1) is 13.5. The van der Waals surface area contributed by atoms with Gasteiger partial charge in [-0.15, -0.1) is 0 Å². The quantitative estimate of drug-likeness (QED) is 0.597. The minimum absolute atomic E-state index is 0.160. The Balaban J connectivity index is 1.74. The van der Waals surface area contributed by atoms with Gasteiger partial charge < -0.3 is 4.74 Å². The molecule has 0 spiro atoms. The van der Waals surface area contributed by atoms with Gasteiger partial charge in [-0.25, -0.2) is 4.79 Å². The van der Waals surface area contributed by atoms with Gasteiger partial charge in [-0.2, -0.15) is 0 Å². The van der Waals surface area contributed by atoms with Gasteiger partial charge in [0.25, 0.3) is 0 Å². The maximum absolute atomic E-state index is 12.4. The van der Waals surface area contributed by atoms with Crippen LogP contribution in [-0.4, -0.2) is 23.8 Å². The summed E-state index contributed by atoms with van der Waals surface area (Å²) in [5, 5.41) is 0. The molecule has 0 aliphatic carbocycles. The molecular weight excluding hydrogens is 350 g/mol. The van der Waals surface area contributed by atoms with Crippen LogP contribution in [0, 0.1) is 13.8 Å². The number of hydrogen-bond donors (Lipinski definition) is 0. The lowest BCUT2D eigenvalue weighted by Crippen LogP contribution is -2.08. The average molecular weight is 373 g/mol. The zero-order chi connectivity index (χ0) is 20.1. The van der Waals surface area contributed by atoms with Gasteiger partial charge >= 0.3 is 5.97 Å². The van der Waals surface area contributed by atoms with Crippen LogP contribution >= 0.6 is 0 Å². The van der Waals surface area contributed by atoms with E-state index in [1.807, 2.05) is 56.3 Å². The molecule has 0 bridgehead atoms. The number of Topliss-reactive ketones (excluding diaryl/α,β-unsaturated/α-hetero) is 1. The molecule has 0 radical (unpaired) electrons. The minimum Gasteiger partial charge on any atom is -0.465 e. The van der Waals surface area contributed by atoms with Crippen LogP contribution in [0.3, 0.4) is 0 Å². The van der Waals surface area contributed by atoms with Gasteiger partial charge in [0.05, 0.1) is 12.7 Å². The maximum Gasteiger partial charge on any atom is 0.337 e. The molecule has 2 aromatic carbocycles. The van der Waals surface area contributed by atoms with Crippen LogP contribution in [0.25, 0.3) is 11.1 Å². The van der Waals surface area contributed by atoms with Gasteiger partial charge in [0.15, 0.2) is 0 Å². The second kappa shape index (κ2) is 8.61. The van der Waals surface area contributed by atoms with Crippen LogP contribution in [0.2, 0.25) is 0 Å². The number of carbonyl (C=O) groups excluding carboxylic acids is 2. The van der Waals surface area contributed by atoms with Crippen molar-refractivity contribution in [1.82, 2.24) is 4.98 Å². The molecule has 0 N–H and O–H groups in total. The molecule has 4 heteroatoms. The van der Waals surface area contributed by atoms with Crippen LogP contribution in [0.5, 0.6) is 0 Å². The summed E-state index contributed by atoms with van der Waals surface area (Å²) < 4.78 is 4.81. The van der Waals surface area contributed by atoms with Crippen molar-refractivity contribution >= 4 is 11.8 Å². The number of methoxy groups -OCH3 is 1. The number of rotatable bonds is 6. The predicted molar refractivity (Wildman–Crippen MR) is 109 cm³/mol. The van der Waals surface area contributed by atoms with Gasteiger partial charge in [-0.1, -0.05) is 30.3 Å². The fourth-order valence-electron chi connectivity index (χ4n) is 3.16. The molecule has 0 unspecified atom stereocenters. The number of aromatic nitrogens is 1. The summed E-state index contributed by atoms with van der Waals surface area (Å²) >= 11 is 0.